The number of piperidine rings is 1. The quantitative estimate of drug-likeness (QED) is 0.252. The van der Waals surface area contributed by atoms with Crippen LogP contribution >= 0.6 is 0 Å². The Bertz CT molecular complexity index is 1520. The molecule has 3 aliphatic carbocycles. The highest BCUT2D eigenvalue weighted by Crippen LogP contribution is 2.66. The molecule has 45 heavy (non-hydrogen) atoms. The number of nitrogens with zero attached hydrogens (tertiary/aromatic N) is 2. The Morgan fingerprint density at radius 1 is 1.11 bits per heavy atom. The number of carbonyl (C=O) groups is 2. The first-order chi connectivity index (χ1) is 21.4. The molecule has 7 rings (SSSR count). The molecule has 1 spiro atoms. The topological polar surface area (TPSA) is 59.1 Å². The number of esters is 1. The van der Waals surface area contributed by atoms with Gasteiger partial charge in [0, 0.05) is 31.7 Å². The molecule has 5 atom stereocenters. The summed E-state index contributed by atoms with van der Waals surface area (Å²) in [5.41, 5.74) is 0.854. The number of benzene rings is 2. The van der Waals surface area contributed by atoms with Crippen LogP contribution in [0.4, 0.5) is 13.2 Å². The van der Waals surface area contributed by atoms with Gasteiger partial charge in [0.25, 0.3) is 0 Å². The number of ether oxygens (including phenoxy) is 2. The number of carbonyl (C=O) groups excluding carboxylic acids is 2. The molecule has 240 valence electrons. The lowest BCUT2D eigenvalue weighted by molar-refractivity contribution is -0.224. The summed E-state index contributed by atoms with van der Waals surface area (Å²) >= 11 is 0. The third kappa shape index (κ3) is 4.97. The largest absolute Gasteiger partial charge is 0.487 e. The van der Waals surface area contributed by atoms with Gasteiger partial charge in [-0.25, -0.2) is 0 Å². The van der Waals surface area contributed by atoms with Gasteiger partial charge in [-0.05, 0) is 92.3 Å². The monoisotopic (exact) mass is 622 g/mol. The molecule has 1 saturated heterocycles. The molecule has 0 N–H and O–H groups in total. The van der Waals surface area contributed by atoms with Gasteiger partial charge in [-0.15, -0.1) is 0 Å². The second-order valence-corrected chi connectivity index (χ2v) is 14.1. The smallest absolute Gasteiger partial charge is 0.416 e. The minimum atomic E-state index is -4.42. The maximum Gasteiger partial charge on any atom is 0.416 e. The summed E-state index contributed by atoms with van der Waals surface area (Å²) in [5, 5.41) is 0. The Morgan fingerprint density at radius 2 is 1.87 bits per heavy atom. The van der Waals surface area contributed by atoms with Crippen LogP contribution in [0.25, 0.3) is 6.08 Å². The molecule has 2 aliphatic heterocycles. The Labute approximate surface area is 262 Å². The van der Waals surface area contributed by atoms with Crippen molar-refractivity contribution in [1.29, 1.82) is 0 Å². The van der Waals surface area contributed by atoms with Crippen molar-refractivity contribution in [3.63, 3.8) is 0 Å². The van der Waals surface area contributed by atoms with Crippen LogP contribution in [-0.4, -0.2) is 65.1 Å². The molecule has 2 saturated carbocycles. The highest BCUT2D eigenvalue weighted by Gasteiger charge is 2.75. The molecule has 0 radical (unpaired) electrons. The molecule has 1 amide bonds. The third-order valence-electron chi connectivity index (χ3n) is 10.8. The van der Waals surface area contributed by atoms with Crippen LogP contribution in [0.1, 0.15) is 75.1 Å². The van der Waals surface area contributed by atoms with Gasteiger partial charge in [0.2, 0.25) is 5.91 Å². The Hall–Kier alpha value is -3.33. The van der Waals surface area contributed by atoms with Crippen molar-refractivity contribution in [3.05, 3.63) is 70.8 Å². The van der Waals surface area contributed by atoms with Crippen LogP contribution in [0.2, 0.25) is 0 Å². The molecule has 6 nitrogen and oxygen atoms in total. The van der Waals surface area contributed by atoms with Crippen molar-refractivity contribution in [1.82, 2.24) is 9.80 Å². The molecular weight excluding hydrogens is 581 g/mol. The molecule has 3 fully saturated rings. The highest BCUT2D eigenvalue weighted by molar-refractivity contribution is 5.92. The van der Waals surface area contributed by atoms with Crippen LogP contribution in [0.5, 0.6) is 5.75 Å². The molecule has 2 aromatic rings. The second-order valence-electron chi connectivity index (χ2n) is 14.1. The number of alkyl halides is 3. The number of hydrogen-bond acceptors (Lipinski definition) is 5. The number of amides is 1. The van der Waals surface area contributed by atoms with E-state index in [1.807, 2.05) is 17.0 Å². The van der Waals surface area contributed by atoms with E-state index in [0.29, 0.717) is 30.9 Å². The average molecular weight is 623 g/mol. The van der Waals surface area contributed by atoms with Crippen molar-refractivity contribution in [2.75, 3.05) is 19.6 Å². The summed E-state index contributed by atoms with van der Waals surface area (Å²) in [6.07, 6.45) is 3.54. The predicted octanol–water partition coefficient (Wildman–Crippen LogP) is 6.41. The average Bonchev–Trinajstić information content (AvgIpc) is 3.73. The molecule has 2 bridgehead atoms. The first-order valence-electron chi connectivity index (χ1n) is 16.3. The fourth-order valence-corrected chi connectivity index (χ4v) is 9.01. The standard InChI is InChI=1S/C36H41F3N2O4/c1-22(2)20-41(31(43)14-11-24-9-12-27(13-10-24)36(37,38)39)28-15-16-35(45-23(3)42)30-19-26-5-4-6-29-32(26)34(35,33(28)44-29)17-18-40(30)21-25-7-8-25/h4-6,9-14,22,25,28,30,33H,7-8,15-21H2,1-3H3/t28-,30-,33+,34+,35-/m1/s1. The predicted molar refractivity (Wildman–Crippen MR) is 163 cm³/mol. The molecule has 9 heteroatoms. The summed E-state index contributed by atoms with van der Waals surface area (Å²) < 4.78 is 52.7. The van der Waals surface area contributed by atoms with Gasteiger partial charge < -0.3 is 14.4 Å². The molecule has 2 heterocycles. The number of likely N-dealkylation sites (tertiary alicyclic amines) is 1. The van der Waals surface area contributed by atoms with Crippen molar-refractivity contribution in [3.8, 4) is 5.75 Å². The maximum atomic E-state index is 14.0. The number of hydrogen-bond donors (Lipinski definition) is 0. The van der Waals surface area contributed by atoms with Gasteiger partial charge in [0.15, 0.2) is 0 Å². The van der Waals surface area contributed by atoms with E-state index in [1.54, 1.807) is 6.08 Å². The lowest BCUT2D eigenvalue weighted by Gasteiger charge is -2.65. The molecular formula is C36H41F3N2O4. The van der Waals surface area contributed by atoms with Crippen LogP contribution in [-0.2, 0) is 32.3 Å². The summed E-state index contributed by atoms with van der Waals surface area (Å²) in [7, 11) is 0. The lowest BCUT2D eigenvalue weighted by Crippen LogP contribution is -2.79. The van der Waals surface area contributed by atoms with Gasteiger partial charge in [0.05, 0.1) is 23.1 Å². The zero-order valence-corrected chi connectivity index (χ0v) is 26.1. The van der Waals surface area contributed by atoms with E-state index in [2.05, 4.69) is 24.8 Å². The fraction of sp³-hybridized carbons (Fsp3) is 0.556. The van der Waals surface area contributed by atoms with Crippen LogP contribution in [0, 0.1) is 11.8 Å². The normalized spacial score (nSPS) is 30.2. The van der Waals surface area contributed by atoms with E-state index in [9.17, 15) is 22.8 Å². The molecule has 5 aliphatic rings. The summed E-state index contributed by atoms with van der Waals surface area (Å²) in [4.78, 5) is 31.4. The Kier molecular flexibility index (Phi) is 7.34. The van der Waals surface area contributed by atoms with Gasteiger partial charge >= 0.3 is 12.1 Å². The van der Waals surface area contributed by atoms with Crippen LogP contribution in [0.3, 0.4) is 0 Å². The van der Waals surface area contributed by atoms with Gasteiger partial charge in [-0.3, -0.25) is 14.5 Å². The van der Waals surface area contributed by atoms with Crippen molar-refractivity contribution in [2.45, 2.75) is 94.7 Å². The van der Waals surface area contributed by atoms with Gasteiger partial charge in [-0.2, -0.15) is 13.2 Å². The molecule has 2 aromatic carbocycles. The Balaban J connectivity index is 1.26. The van der Waals surface area contributed by atoms with E-state index in [4.69, 9.17) is 9.47 Å². The van der Waals surface area contributed by atoms with Crippen LogP contribution in [0.15, 0.2) is 48.5 Å². The molecule has 0 unspecified atom stereocenters. The highest BCUT2D eigenvalue weighted by atomic mass is 19.4. The van der Waals surface area contributed by atoms with Gasteiger partial charge in [-0.1, -0.05) is 38.1 Å². The molecule has 0 aromatic heterocycles. The SMILES string of the molecule is CC(=O)O[C@@]12CC[C@@H](N(CC(C)C)C(=O)C=Cc3ccc(C(F)(F)F)cc3)[C@@H]3Oc4cccc5c4[C@@]31CCN(CC1CC1)[C@@H]2C5. The number of halogens is 3. The first kappa shape index (κ1) is 30.3. The van der Waals surface area contributed by atoms with E-state index >= 15 is 0 Å². The Morgan fingerprint density at radius 3 is 2.53 bits per heavy atom. The van der Waals surface area contributed by atoms with Crippen LogP contribution < -0.4 is 4.74 Å². The van der Waals surface area contributed by atoms with E-state index < -0.39 is 28.9 Å². The first-order valence-corrected chi connectivity index (χ1v) is 16.3. The van der Waals surface area contributed by atoms with Gasteiger partial charge in [0.1, 0.15) is 17.5 Å². The zero-order chi connectivity index (χ0) is 31.7. The minimum Gasteiger partial charge on any atom is -0.487 e. The summed E-state index contributed by atoms with van der Waals surface area (Å²) in [6, 6.07) is 10.8. The van der Waals surface area contributed by atoms with Crippen molar-refractivity contribution < 1.29 is 32.2 Å². The van der Waals surface area contributed by atoms with E-state index in [-0.39, 0.29) is 29.9 Å². The number of rotatable bonds is 8. The van der Waals surface area contributed by atoms with E-state index in [1.165, 1.54) is 43.5 Å². The fourth-order valence-electron chi connectivity index (χ4n) is 9.01. The maximum absolute atomic E-state index is 14.0. The van der Waals surface area contributed by atoms with Crippen molar-refractivity contribution >= 4 is 18.0 Å². The lowest BCUT2D eigenvalue weighted by atomic mass is 9.48. The second kappa shape index (κ2) is 10.9. The van der Waals surface area contributed by atoms with E-state index in [0.717, 1.165) is 49.4 Å². The summed E-state index contributed by atoms with van der Waals surface area (Å²) in [6.45, 7) is 8.04. The van der Waals surface area contributed by atoms with Crippen molar-refractivity contribution in [2.24, 2.45) is 11.8 Å². The zero-order valence-electron chi connectivity index (χ0n) is 26.1. The third-order valence-corrected chi connectivity index (χ3v) is 10.8. The minimum absolute atomic E-state index is 0.0393. The summed E-state index contributed by atoms with van der Waals surface area (Å²) in [5.74, 6) is 1.21.